The molecule has 3 rings (SSSR count). The Balaban J connectivity index is 1.85. The molecule has 1 aromatic heterocycles. The molecular weight excluding hydrogens is 234 g/mol. The Labute approximate surface area is 114 Å². The van der Waals surface area contributed by atoms with Gasteiger partial charge < -0.3 is 5.32 Å². The number of hydrogen-bond acceptors (Lipinski definition) is 3. The van der Waals surface area contributed by atoms with E-state index in [1.165, 1.54) is 17.7 Å². The molecule has 0 amide bonds. The van der Waals surface area contributed by atoms with E-state index in [0.29, 0.717) is 5.92 Å². The first-order valence-corrected chi connectivity index (χ1v) is 6.90. The van der Waals surface area contributed by atoms with E-state index in [0.717, 1.165) is 31.0 Å². The summed E-state index contributed by atoms with van der Waals surface area (Å²) in [6, 6.07) is 12.7. The molecule has 0 saturated carbocycles. The molecule has 0 bridgehead atoms. The number of aryl methyl sites for hydroxylation is 1. The lowest BCUT2D eigenvalue weighted by molar-refractivity contribution is 0.719. The standard InChI is InChI=1S/C16H19N3/c1-12-18-15(9-13-5-3-2-4-6-13)10-16(19-12)14-7-8-17-11-14/h2-6,10,14,17H,7-9,11H2,1H3/t14-/m1/s1. The van der Waals surface area contributed by atoms with Gasteiger partial charge in [-0.15, -0.1) is 0 Å². The van der Waals surface area contributed by atoms with E-state index in [1.54, 1.807) is 0 Å². The van der Waals surface area contributed by atoms with Crippen molar-refractivity contribution in [1.29, 1.82) is 0 Å². The van der Waals surface area contributed by atoms with Gasteiger partial charge in [-0.05, 0) is 31.5 Å². The number of benzene rings is 1. The Morgan fingerprint density at radius 1 is 1.21 bits per heavy atom. The van der Waals surface area contributed by atoms with Gasteiger partial charge >= 0.3 is 0 Å². The van der Waals surface area contributed by atoms with Gasteiger partial charge in [-0.2, -0.15) is 0 Å². The minimum atomic E-state index is 0.552. The van der Waals surface area contributed by atoms with Gasteiger partial charge in [0, 0.05) is 30.3 Å². The molecule has 1 saturated heterocycles. The fourth-order valence-electron chi connectivity index (χ4n) is 2.67. The molecule has 2 aromatic rings. The maximum absolute atomic E-state index is 4.61. The molecule has 0 radical (unpaired) electrons. The van der Waals surface area contributed by atoms with Crippen LogP contribution in [0.4, 0.5) is 0 Å². The van der Waals surface area contributed by atoms with Gasteiger partial charge in [0.25, 0.3) is 0 Å². The normalized spacial score (nSPS) is 18.7. The average Bonchev–Trinajstić information content (AvgIpc) is 2.93. The Morgan fingerprint density at radius 2 is 2.05 bits per heavy atom. The second-order valence-electron chi connectivity index (χ2n) is 5.18. The summed E-state index contributed by atoms with van der Waals surface area (Å²) in [6.45, 7) is 4.13. The van der Waals surface area contributed by atoms with Crippen molar-refractivity contribution in [3.05, 3.63) is 59.2 Å². The predicted octanol–water partition coefficient (Wildman–Crippen LogP) is 2.45. The number of nitrogens with zero attached hydrogens (tertiary/aromatic N) is 2. The number of hydrogen-bond donors (Lipinski definition) is 1. The monoisotopic (exact) mass is 253 g/mol. The molecule has 1 atom stereocenters. The van der Waals surface area contributed by atoms with Gasteiger partial charge in [-0.1, -0.05) is 30.3 Å². The molecule has 1 aromatic carbocycles. The highest BCUT2D eigenvalue weighted by Crippen LogP contribution is 2.21. The van der Waals surface area contributed by atoms with Crippen LogP contribution in [0.25, 0.3) is 0 Å². The van der Waals surface area contributed by atoms with Crippen LogP contribution < -0.4 is 5.32 Å². The third-order valence-electron chi connectivity index (χ3n) is 3.62. The number of aromatic nitrogens is 2. The first kappa shape index (κ1) is 12.3. The zero-order valence-electron chi connectivity index (χ0n) is 11.3. The van der Waals surface area contributed by atoms with Crippen LogP contribution in [0, 0.1) is 6.92 Å². The first-order valence-electron chi connectivity index (χ1n) is 6.90. The summed E-state index contributed by atoms with van der Waals surface area (Å²) in [4.78, 5) is 9.18. The van der Waals surface area contributed by atoms with E-state index in [2.05, 4.69) is 45.6 Å². The Morgan fingerprint density at radius 3 is 2.79 bits per heavy atom. The molecule has 1 aliphatic heterocycles. The lowest BCUT2D eigenvalue weighted by Gasteiger charge is -2.10. The van der Waals surface area contributed by atoms with Crippen LogP contribution in [0.15, 0.2) is 36.4 Å². The summed E-state index contributed by atoms with van der Waals surface area (Å²) >= 11 is 0. The second kappa shape index (κ2) is 5.49. The summed E-state index contributed by atoms with van der Waals surface area (Å²) in [5, 5.41) is 3.40. The lowest BCUT2D eigenvalue weighted by atomic mass is 10.0. The number of rotatable bonds is 3. The van der Waals surface area contributed by atoms with Gasteiger partial charge in [-0.3, -0.25) is 0 Å². The summed E-state index contributed by atoms with van der Waals surface area (Å²) in [7, 11) is 0. The van der Waals surface area contributed by atoms with Crippen LogP contribution >= 0.6 is 0 Å². The highest BCUT2D eigenvalue weighted by Gasteiger charge is 2.19. The van der Waals surface area contributed by atoms with Crippen LogP contribution in [-0.2, 0) is 6.42 Å². The third kappa shape index (κ3) is 2.99. The third-order valence-corrected chi connectivity index (χ3v) is 3.62. The molecule has 3 heteroatoms. The molecule has 1 aliphatic rings. The summed E-state index contributed by atoms with van der Waals surface area (Å²) in [6.07, 6.45) is 2.07. The Bertz CT molecular complexity index is 545. The topological polar surface area (TPSA) is 37.8 Å². The van der Waals surface area contributed by atoms with Crippen LogP contribution in [-0.4, -0.2) is 23.1 Å². The van der Waals surface area contributed by atoms with Crippen molar-refractivity contribution in [2.24, 2.45) is 0 Å². The van der Waals surface area contributed by atoms with Crippen molar-refractivity contribution >= 4 is 0 Å². The maximum Gasteiger partial charge on any atom is 0.125 e. The van der Waals surface area contributed by atoms with Crippen LogP contribution in [0.3, 0.4) is 0 Å². The molecule has 2 heterocycles. The highest BCUT2D eigenvalue weighted by atomic mass is 14.9. The van der Waals surface area contributed by atoms with Crippen molar-refractivity contribution in [1.82, 2.24) is 15.3 Å². The predicted molar refractivity (Wildman–Crippen MR) is 76.2 cm³/mol. The largest absolute Gasteiger partial charge is 0.316 e. The molecular formula is C16H19N3. The molecule has 98 valence electrons. The van der Waals surface area contributed by atoms with E-state index in [1.807, 2.05) is 13.0 Å². The van der Waals surface area contributed by atoms with E-state index in [9.17, 15) is 0 Å². The molecule has 0 unspecified atom stereocenters. The Kier molecular flexibility index (Phi) is 3.56. The highest BCUT2D eigenvalue weighted by molar-refractivity contribution is 5.24. The summed E-state index contributed by atoms with van der Waals surface area (Å²) < 4.78 is 0. The maximum atomic E-state index is 4.61. The first-order chi connectivity index (χ1) is 9.31. The molecule has 0 spiro atoms. The van der Waals surface area contributed by atoms with E-state index in [-0.39, 0.29) is 0 Å². The molecule has 1 fully saturated rings. The van der Waals surface area contributed by atoms with E-state index in [4.69, 9.17) is 0 Å². The Hall–Kier alpha value is -1.74. The fourth-order valence-corrected chi connectivity index (χ4v) is 2.67. The average molecular weight is 253 g/mol. The smallest absolute Gasteiger partial charge is 0.125 e. The molecule has 1 N–H and O–H groups in total. The number of nitrogens with one attached hydrogen (secondary N) is 1. The minimum Gasteiger partial charge on any atom is -0.316 e. The SMILES string of the molecule is Cc1nc(Cc2ccccc2)cc([C@@H]2CCNC2)n1. The van der Waals surface area contributed by atoms with Crippen LogP contribution in [0.1, 0.15) is 35.1 Å². The van der Waals surface area contributed by atoms with E-state index >= 15 is 0 Å². The minimum absolute atomic E-state index is 0.552. The van der Waals surface area contributed by atoms with Crippen molar-refractivity contribution in [2.75, 3.05) is 13.1 Å². The molecule has 0 aliphatic carbocycles. The quantitative estimate of drug-likeness (QED) is 0.913. The van der Waals surface area contributed by atoms with Gasteiger partial charge in [0.1, 0.15) is 5.82 Å². The lowest BCUT2D eigenvalue weighted by Crippen LogP contribution is -2.10. The van der Waals surface area contributed by atoms with Gasteiger partial charge in [0.15, 0.2) is 0 Å². The van der Waals surface area contributed by atoms with Crippen molar-refractivity contribution in [3.8, 4) is 0 Å². The van der Waals surface area contributed by atoms with Crippen molar-refractivity contribution in [2.45, 2.75) is 25.7 Å². The van der Waals surface area contributed by atoms with Gasteiger partial charge in [-0.25, -0.2) is 9.97 Å². The summed E-state index contributed by atoms with van der Waals surface area (Å²) in [5.74, 6) is 1.44. The van der Waals surface area contributed by atoms with E-state index < -0.39 is 0 Å². The van der Waals surface area contributed by atoms with Gasteiger partial charge in [0.05, 0.1) is 0 Å². The molecule has 19 heavy (non-hydrogen) atoms. The van der Waals surface area contributed by atoms with Crippen LogP contribution in [0.2, 0.25) is 0 Å². The van der Waals surface area contributed by atoms with Crippen molar-refractivity contribution < 1.29 is 0 Å². The van der Waals surface area contributed by atoms with Crippen molar-refractivity contribution in [3.63, 3.8) is 0 Å². The fraction of sp³-hybridized carbons (Fsp3) is 0.375. The second-order valence-corrected chi connectivity index (χ2v) is 5.18. The zero-order chi connectivity index (χ0) is 13.1. The molecule has 3 nitrogen and oxygen atoms in total. The zero-order valence-corrected chi connectivity index (χ0v) is 11.3. The van der Waals surface area contributed by atoms with Gasteiger partial charge in [0.2, 0.25) is 0 Å². The van der Waals surface area contributed by atoms with Crippen LogP contribution in [0.5, 0.6) is 0 Å². The summed E-state index contributed by atoms with van der Waals surface area (Å²) in [5.41, 5.74) is 3.63.